The van der Waals surface area contributed by atoms with Gasteiger partial charge in [-0.25, -0.2) is 13.6 Å². The van der Waals surface area contributed by atoms with Crippen LogP contribution < -0.4 is 10.6 Å². The van der Waals surface area contributed by atoms with Crippen LogP contribution >= 0.6 is 0 Å². The topological polar surface area (TPSA) is 78.5 Å². The first-order valence-corrected chi connectivity index (χ1v) is 8.63. The fourth-order valence-electron chi connectivity index (χ4n) is 3.11. The van der Waals surface area contributed by atoms with Gasteiger partial charge in [-0.15, -0.1) is 0 Å². The third-order valence-corrected chi connectivity index (χ3v) is 4.78. The monoisotopic (exact) mass is 387 g/mol. The Morgan fingerprint density at radius 1 is 1.18 bits per heavy atom. The molecule has 0 aromatic heterocycles. The van der Waals surface area contributed by atoms with Crippen molar-refractivity contribution in [1.29, 1.82) is 0 Å². The molecule has 3 rings (SSSR count). The van der Waals surface area contributed by atoms with Gasteiger partial charge in [-0.05, 0) is 43.2 Å². The van der Waals surface area contributed by atoms with E-state index in [1.165, 1.54) is 6.92 Å². The summed E-state index contributed by atoms with van der Waals surface area (Å²) in [6.07, 6.45) is 0. The predicted octanol–water partition coefficient (Wildman–Crippen LogP) is 2.36. The Labute approximate surface area is 160 Å². The highest BCUT2D eigenvalue weighted by Gasteiger charge is 2.50. The number of benzene rings is 2. The van der Waals surface area contributed by atoms with Crippen molar-refractivity contribution in [2.75, 3.05) is 6.54 Å². The standard InChI is InChI=1S/C20H19F2N3O3/c1-12-5-3-4-6-13(12)10-23-17(26)11-25-18(27)20(2,24-19(25)28)15-9-14(21)7-8-16(15)22/h3-9H,10-11H2,1-2H3,(H,23,26)(H,24,28)/t20-/m0/s1. The molecule has 0 radical (unpaired) electrons. The summed E-state index contributed by atoms with van der Waals surface area (Å²) in [6.45, 7) is 2.89. The first kappa shape index (κ1) is 19.5. The molecule has 1 aliphatic rings. The molecule has 0 spiro atoms. The van der Waals surface area contributed by atoms with Gasteiger partial charge in [0.2, 0.25) is 5.91 Å². The average molecular weight is 387 g/mol. The first-order valence-electron chi connectivity index (χ1n) is 8.63. The van der Waals surface area contributed by atoms with E-state index in [0.29, 0.717) is 4.90 Å². The number of urea groups is 1. The predicted molar refractivity (Wildman–Crippen MR) is 97.0 cm³/mol. The molecule has 6 nitrogen and oxygen atoms in total. The average Bonchev–Trinajstić information content (AvgIpc) is 2.87. The number of hydrogen-bond acceptors (Lipinski definition) is 3. The third kappa shape index (κ3) is 3.58. The molecule has 0 saturated carbocycles. The third-order valence-electron chi connectivity index (χ3n) is 4.78. The van der Waals surface area contributed by atoms with Crippen molar-refractivity contribution in [3.05, 3.63) is 70.8 Å². The van der Waals surface area contributed by atoms with E-state index in [1.807, 2.05) is 31.2 Å². The SMILES string of the molecule is Cc1ccccc1CNC(=O)CN1C(=O)N[C@@](C)(c2cc(F)ccc2F)C1=O. The number of amides is 4. The van der Waals surface area contributed by atoms with E-state index in [2.05, 4.69) is 10.6 Å². The lowest BCUT2D eigenvalue weighted by molar-refractivity contribution is -0.134. The van der Waals surface area contributed by atoms with Gasteiger partial charge in [-0.2, -0.15) is 0 Å². The van der Waals surface area contributed by atoms with Gasteiger partial charge in [0.25, 0.3) is 5.91 Å². The van der Waals surface area contributed by atoms with Gasteiger partial charge in [0.1, 0.15) is 23.7 Å². The van der Waals surface area contributed by atoms with Crippen LogP contribution in [-0.2, 0) is 21.7 Å². The summed E-state index contributed by atoms with van der Waals surface area (Å²) in [4.78, 5) is 37.9. The van der Waals surface area contributed by atoms with Crippen molar-refractivity contribution in [3.8, 4) is 0 Å². The van der Waals surface area contributed by atoms with Crippen LogP contribution in [0.5, 0.6) is 0 Å². The van der Waals surface area contributed by atoms with Crippen LogP contribution in [0.2, 0.25) is 0 Å². The van der Waals surface area contributed by atoms with E-state index in [0.717, 1.165) is 29.3 Å². The molecule has 1 heterocycles. The van der Waals surface area contributed by atoms with Crippen molar-refractivity contribution in [1.82, 2.24) is 15.5 Å². The second kappa shape index (κ2) is 7.38. The zero-order chi connectivity index (χ0) is 20.5. The van der Waals surface area contributed by atoms with Crippen LogP contribution in [0.15, 0.2) is 42.5 Å². The van der Waals surface area contributed by atoms with Crippen molar-refractivity contribution < 1.29 is 23.2 Å². The number of aryl methyl sites for hydroxylation is 1. The molecule has 1 aliphatic heterocycles. The number of rotatable bonds is 5. The second-order valence-electron chi connectivity index (χ2n) is 6.77. The summed E-state index contributed by atoms with van der Waals surface area (Å²) in [7, 11) is 0. The van der Waals surface area contributed by atoms with Crippen LogP contribution in [0, 0.1) is 18.6 Å². The highest BCUT2D eigenvalue weighted by Crippen LogP contribution is 2.31. The summed E-state index contributed by atoms with van der Waals surface area (Å²) >= 11 is 0. The number of imide groups is 1. The number of hydrogen-bond donors (Lipinski definition) is 2. The van der Waals surface area contributed by atoms with Gasteiger partial charge in [0.05, 0.1) is 0 Å². The number of nitrogens with one attached hydrogen (secondary N) is 2. The largest absolute Gasteiger partial charge is 0.350 e. The van der Waals surface area contributed by atoms with Crippen molar-refractivity contribution in [2.24, 2.45) is 0 Å². The fourth-order valence-corrected chi connectivity index (χ4v) is 3.11. The molecule has 0 aliphatic carbocycles. The van der Waals surface area contributed by atoms with Crippen LogP contribution in [0.25, 0.3) is 0 Å². The Morgan fingerprint density at radius 2 is 1.89 bits per heavy atom. The van der Waals surface area contributed by atoms with E-state index in [1.54, 1.807) is 0 Å². The maximum Gasteiger partial charge on any atom is 0.325 e. The summed E-state index contributed by atoms with van der Waals surface area (Å²) in [5.74, 6) is -2.94. The van der Waals surface area contributed by atoms with Gasteiger partial charge >= 0.3 is 6.03 Å². The zero-order valence-corrected chi connectivity index (χ0v) is 15.4. The Morgan fingerprint density at radius 3 is 2.61 bits per heavy atom. The molecule has 0 unspecified atom stereocenters. The number of carbonyl (C=O) groups is 3. The normalized spacial score (nSPS) is 18.9. The molecule has 2 aromatic rings. The molecule has 1 saturated heterocycles. The maximum absolute atomic E-state index is 14.1. The van der Waals surface area contributed by atoms with Gasteiger partial charge in [-0.1, -0.05) is 24.3 Å². The van der Waals surface area contributed by atoms with E-state index in [-0.39, 0.29) is 12.1 Å². The fraction of sp³-hybridized carbons (Fsp3) is 0.250. The minimum atomic E-state index is -1.79. The van der Waals surface area contributed by atoms with E-state index in [4.69, 9.17) is 0 Å². The molecular weight excluding hydrogens is 368 g/mol. The summed E-state index contributed by atoms with van der Waals surface area (Å²) in [6, 6.07) is 9.28. The lowest BCUT2D eigenvalue weighted by atomic mass is 9.91. The summed E-state index contributed by atoms with van der Waals surface area (Å²) in [5, 5.41) is 5.00. The van der Waals surface area contributed by atoms with Gasteiger partial charge in [0, 0.05) is 12.1 Å². The van der Waals surface area contributed by atoms with E-state index in [9.17, 15) is 23.2 Å². The zero-order valence-electron chi connectivity index (χ0n) is 15.4. The Hall–Kier alpha value is -3.29. The van der Waals surface area contributed by atoms with Crippen LogP contribution in [0.4, 0.5) is 13.6 Å². The van der Waals surface area contributed by atoms with Gasteiger partial charge < -0.3 is 10.6 Å². The number of nitrogens with zero attached hydrogens (tertiary/aromatic N) is 1. The number of halogens is 2. The van der Waals surface area contributed by atoms with Gasteiger partial charge in [0.15, 0.2) is 0 Å². The maximum atomic E-state index is 14.1. The molecule has 2 N–H and O–H groups in total. The molecule has 2 aromatic carbocycles. The van der Waals surface area contributed by atoms with E-state index < -0.39 is 41.6 Å². The molecule has 0 bridgehead atoms. The number of carbonyl (C=O) groups excluding carboxylic acids is 3. The molecule has 146 valence electrons. The molecule has 1 fully saturated rings. The molecular formula is C20H19F2N3O3. The van der Waals surface area contributed by atoms with Gasteiger partial charge in [-0.3, -0.25) is 14.5 Å². The molecule has 28 heavy (non-hydrogen) atoms. The van der Waals surface area contributed by atoms with Crippen molar-refractivity contribution in [3.63, 3.8) is 0 Å². The molecule has 1 atom stereocenters. The van der Waals surface area contributed by atoms with Crippen LogP contribution in [0.3, 0.4) is 0 Å². The molecule has 4 amide bonds. The highest BCUT2D eigenvalue weighted by atomic mass is 19.1. The quantitative estimate of drug-likeness (QED) is 0.773. The summed E-state index contributed by atoms with van der Waals surface area (Å²) < 4.78 is 27.7. The van der Waals surface area contributed by atoms with Crippen molar-refractivity contribution in [2.45, 2.75) is 25.9 Å². The Kier molecular flexibility index (Phi) is 5.13. The first-order chi connectivity index (χ1) is 13.2. The Balaban J connectivity index is 1.72. The summed E-state index contributed by atoms with van der Waals surface area (Å²) in [5.41, 5.74) is -0.195. The second-order valence-corrected chi connectivity index (χ2v) is 6.77. The molecule has 8 heteroatoms. The lowest BCUT2D eigenvalue weighted by Gasteiger charge is -2.22. The van der Waals surface area contributed by atoms with Crippen LogP contribution in [-0.4, -0.2) is 29.3 Å². The minimum absolute atomic E-state index is 0.241. The highest BCUT2D eigenvalue weighted by molar-refractivity contribution is 6.09. The van der Waals surface area contributed by atoms with E-state index >= 15 is 0 Å². The lowest BCUT2D eigenvalue weighted by Crippen LogP contribution is -2.43. The van der Waals surface area contributed by atoms with Crippen LogP contribution in [0.1, 0.15) is 23.6 Å². The van der Waals surface area contributed by atoms with Crippen molar-refractivity contribution >= 4 is 17.8 Å². The Bertz CT molecular complexity index is 963. The minimum Gasteiger partial charge on any atom is -0.350 e. The smallest absolute Gasteiger partial charge is 0.325 e.